The molecule has 0 spiro atoms. The lowest BCUT2D eigenvalue weighted by molar-refractivity contribution is 0.378. The standard InChI is InChI=1S/C13H17FN2/c14-9-1-3-10(4-2-9)15-13-7-11-5-6-12(8-13)16-11/h1-4,11-13,15-16H,5-8H2/t11-,12?,13?/m1/s1. The molecule has 2 aliphatic rings. The van der Waals surface area contributed by atoms with Crippen molar-refractivity contribution in [1.82, 2.24) is 5.32 Å². The first-order chi connectivity index (χ1) is 7.79. The molecule has 0 aliphatic carbocycles. The molecule has 2 N–H and O–H groups in total. The average Bonchev–Trinajstić information content (AvgIpc) is 2.62. The Morgan fingerprint density at radius 2 is 1.69 bits per heavy atom. The Balaban J connectivity index is 1.64. The van der Waals surface area contributed by atoms with Crippen LogP contribution in [0.2, 0.25) is 0 Å². The van der Waals surface area contributed by atoms with Crippen LogP contribution in [-0.2, 0) is 0 Å². The number of anilines is 1. The molecule has 2 aliphatic heterocycles. The van der Waals surface area contributed by atoms with Crippen molar-refractivity contribution in [3.63, 3.8) is 0 Å². The Morgan fingerprint density at radius 3 is 2.31 bits per heavy atom. The minimum atomic E-state index is -0.170. The van der Waals surface area contributed by atoms with Gasteiger partial charge in [-0.2, -0.15) is 0 Å². The van der Waals surface area contributed by atoms with Crippen molar-refractivity contribution in [1.29, 1.82) is 0 Å². The van der Waals surface area contributed by atoms with E-state index in [9.17, 15) is 4.39 Å². The van der Waals surface area contributed by atoms with Crippen LogP contribution in [0.1, 0.15) is 25.7 Å². The molecule has 0 radical (unpaired) electrons. The van der Waals surface area contributed by atoms with Gasteiger partial charge in [-0.15, -0.1) is 0 Å². The van der Waals surface area contributed by atoms with Gasteiger partial charge in [0.25, 0.3) is 0 Å². The van der Waals surface area contributed by atoms with Crippen LogP contribution in [0.3, 0.4) is 0 Å². The lowest BCUT2D eigenvalue weighted by Crippen LogP contribution is -2.43. The normalized spacial score (nSPS) is 32.7. The maximum Gasteiger partial charge on any atom is 0.123 e. The van der Waals surface area contributed by atoms with Crippen LogP contribution in [-0.4, -0.2) is 18.1 Å². The number of rotatable bonds is 2. The zero-order chi connectivity index (χ0) is 11.0. The maximum absolute atomic E-state index is 12.8. The molecule has 2 heterocycles. The number of hydrogen-bond acceptors (Lipinski definition) is 2. The summed E-state index contributed by atoms with van der Waals surface area (Å²) in [6.07, 6.45) is 5.00. The van der Waals surface area contributed by atoms with Gasteiger partial charge in [-0.1, -0.05) is 0 Å². The number of hydrogen-bond donors (Lipinski definition) is 2. The van der Waals surface area contributed by atoms with E-state index in [4.69, 9.17) is 0 Å². The van der Waals surface area contributed by atoms with Crippen molar-refractivity contribution in [2.75, 3.05) is 5.32 Å². The van der Waals surface area contributed by atoms with E-state index >= 15 is 0 Å². The molecule has 0 aromatic heterocycles. The van der Waals surface area contributed by atoms with Crippen LogP contribution in [0.4, 0.5) is 10.1 Å². The Hall–Kier alpha value is -1.09. The molecule has 1 aromatic rings. The van der Waals surface area contributed by atoms with E-state index in [0.29, 0.717) is 18.1 Å². The van der Waals surface area contributed by atoms with Crippen molar-refractivity contribution in [3.8, 4) is 0 Å². The van der Waals surface area contributed by atoms with Crippen LogP contribution in [0.15, 0.2) is 24.3 Å². The Labute approximate surface area is 95.2 Å². The summed E-state index contributed by atoms with van der Waals surface area (Å²) in [7, 11) is 0. The molecule has 3 heteroatoms. The van der Waals surface area contributed by atoms with E-state index in [2.05, 4.69) is 10.6 Å². The lowest BCUT2D eigenvalue weighted by Gasteiger charge is -2.30. The second-order valence-corrected chi connectivity index (χ2v) is 4.96. The molecule has 86 valence electrons. The molecule has 2 saturated heterocycles. The van der Waals surface area contributed by atoms with Crippen molar-refractivity contribution < 1.29 is 4.39 Å². The Bertz CT molecular complexity index is 351. The summed E-state index contributed by atoms with van der Waals surface area (Å²) >= 11 is 0. The van der Waals surface area contributed by atoms with Gasteiger partial charge in [0, 0.05) is 23.8 Å². The van der Waals surface area contributed by atoms with E-state index in [1.807, 2.05) is 12.1 Å². The molecule has 1 aromatic carbocycles. The van der Waals surface area contributed by atoms with Crippen molar-refractivity contribution in [3.05, 3.63) is 30.1 Å². The van der Waals surface area contributed by atoms with E-state index in [0.717, 1.165) is 5.69 Å². The van der Waals surface area contributed by atoms with E-state index < -0.39 is 0 Å². The zero-order valence-electron chi connectivity index (χ0n) is 9.25. The van der Waals surface area contributed by atoms with Crippen LogP contribution < -0.4 is 10.6 Å². The third-order valence-corrected chi connectivity index (χ3v) is 3.69. The van der Waals surface area contributed by atoms with Gasteiger partial charge >= 0.3 is 0 Å². The quantitative estimate of drug-likeness (QED) is 0.800. The van der Waals surface area contributed by atoms with Crippen LogP contribution in [0, 0.1) is 5.82 Å². The predicted octanol–water partition coefficient (Wildman–Crippen LogP) is 2.52. The smallest absolute Gasteiger partial charge is 0.123 e. The first-order valence-electron chi connectivity index (χ1n) is 6.08. The number of nitrogens with one attached hydrogen (secondary N) is 2. The summed E-state index contributed by atoms with van der Waals surface area (Å²) in [6.45, 7) is 0. The first kappa shape index (κ1) is 10.1. The molecule has 3 atom stereocenters. The summed E-state index contributed by atoms with van der Waals surface area (Å²) in [5, 5.41) is 7.12. The number of benzene rings is 1. The number of fused-ring (bicyclic) bond motifs is 2. The zero-order valence-corrected chi connectivity index (χ0v) is 9.25. The predicted molar refractivity (Wildman–Crippen MR) is 63.0 cm³/mol. The van der Waals surface area contributed by atoms with Gasteiger partial charge in [0.15, 0.2) is 0 Å². The third kappa shape index (κ3) is 2.05. The Kier molecular flexibility index (Phi) is 2.56. The molecule has 2 unspecified atom stereocenters. The van der Waals surface area contributed by atoms with Crippen molar-refractivity contribution >= 4 is 5.69 Å². The summed E-state index contributed by atoms with van der Waals surface area (Å²) < 4.78 is 12.8. The summed E-state index contributed by atoms with van der Waals surface area (Å²) in [5.74, 6) is -0.170. The van der Waals surface area contributed by atoms with Gasteiger partial charge in [0.1, 0.15) is 5.82 Å². The molecule has 2 fully saturated rings. The topological polar surface area (TPSA) is 24.1 Å². The molecule has 2 bridgehead atoms. The van der Waals surface area contributed by atoms with Crippen LogP contribution >= 0.6 is 0 Å². The van der Waals surface area contributed by atoms with E-state index in [-0.39, 0.29) is 5.82 Å². The monoisotopic (exact) mass is 220 g/mol. The SMILES string of the molecule is Fc1ccc(NC2CC3CC[C@H](C2)N3)cc1. The highest BCUT2D eigenvalue weighted by atomic mass is 19.1. The van der Waals surface area contributed by atoms with Gasteiger partial charge in [-0.25, -0.2) is 4.39 Å². The highest BCUT2D eigenvalue weighted by molar-refractivity contribution is 5.44. The second kappa shape index (κ2) is 4.06. The minimum absolute atomic E-state index is 0.170. The van der Waals surface area contributed by atoms with Crippen LogP contribution in [0.25, 0.3) is 0 Å². The summed E-state index contributed by atoms with van der Waals surface area (Å²) in [5.41, 5.74) is 1.03. The van der Waals surface area contributed by atoms with Crippen molar-refractivity contribution in [2.24, 2.45) is 0 Å². The molecular formula is C13H17FN2. The Morgan fingerprint density at radius 1 is 1.06 bits per heavy atom. The first-order valence-corrected chi connectivity index (χ1v) is 6.08. The van der Waals surface area contributed by atoms with Gasteiger partial charge in [-0.3, -0.25) is 0 Å². The van der Waals surface area contributed by atoms with Crippen molar-refractivity contribution in [2.45, 2.75) is 43.8 Å². The summed E-state index contributed by atoms with van der Waals surface area (Å²) in [6, 6.07) is 8.59. The molecule has 2 nitrogen and oxygen atoms in total. The largest absolute Gasteiger partial charge is 0.382 e. The van der Waals surface area contributed by atoms with E-state index in [1.165, 1.54) is 37.8 Å². The number of piperidine rings is 1. The fraction of sp³-hybridized carbons (Fsp3) is 0.538. The molecule has 16 heavy (non-hydrogen) atoms. The molecule has 0 amide bonds. The maximum atomic E-state index is 12.8. The third-order valence-electron chi connectivity index (χ3n) is 3.69. The second-order valence-electron chi connectivity index (χ2n) is 4.96. The average molecular weight is 220 g/mol. The van der Waals surface area contributed by atoms with Gasteiger partial charge in [0.05, 0.1) is 0 Å². The highest BCUT2D eigenvalue weighted by Gasteiger charge is 2.33. The van der Waals surface area contributed by atoms with Gasteiger partial charge in [0.2, 0.25) is 0 Å². The van der Waals surface area contributed by atoms with Gasteiger partial charge in [-0.05, 0) is 49.9 Å². The lowest BCUT2D eigenvalue weighted by atomic mass is 9.99. The highest BCUT2D eigenvalue weighted by Crippen LogP contribution is 2.28. The fourth-order valence-electron chi connectivity index (χ4n) is 2.96. The fourth-order valence-corrected chi connectivity index (χ4v) is 2.96. The minimum Gasteiger partial charge on any atom is -0.382 e. The van der Waals surface area contributed by atoms with Crippen LogP contribution in [0.5, 0.6) is 0 Å². The molecule has 3 rings (SSSR count). The summed E-state index contributed by atoms with van der Waals surface area (Å²) in [4.78, 5) is 0. The van der Waals surface area contributed by atoms with Gasteiger partial charge < -0.3 is 10.6 Å². The molecule has 0 saturated carbocycles. The molecular weight excluding hydrogens is 203 g/mol. The number of halogens is 1. The van der Waals surface area contributed by atoms with E-state index in [1.54, 1.807) is 0 Å².